The van der Waals surface area contributed by atoms with E-state index in [-0.39, 0.29) is 4.90 Å². The number of likely N-dealkylation sites (N-methyl/N-ethyl adjacent to an activating group) is 1. The maximum atomic E-state index is 10.4. The Morgan fingerprint density at radius 1 is 0.900 bits per heavy atom. The van der Waals surface area contributed by atoms with Gasteiger partial charge >= 0.3 is 0 Å². The van der Waals surface area contributed by atoms with Gasteiger partial charge in [0.2, 0.25) is 0 Å². The first-order valence-corrected chi connectivity index (χ1v) is 11.4. The zero-order valence-electron chi connectivity index (χ0n) is 16.4. The zero-order valence-corrected chi connectivity index (χ0v) is 18.0. The molecule has 0 spiro atoms. The number of benzene rings is 3. The van der Waals surface area contributed by atoms with Crippen molar-refractivity contribution in [3.05, 3.63) is 88.9 Å². The molecule has 2 heterocycles. The summed E-state index contributed by atoms with van der Waals surface area (Å²) in [5, 5.41) is 0.784. The molecule has 0 aliphatic carbocycles. The fourth-order valence-electron chi connectivity index (χ4n) is 4.12. The van der Waals surface area contributed by atoms with Crippen LogP contribution in [0.5, 0.6) is 11.5 Å². The first kappa shape index (κ1) is 20.9. The fourth-order valence-corrected chi connectivity index (χ4v) is 4.81. The van der Waals surface area contributed by atoms with Gasteiger partial charge in [0.1, 0.15) is 11.5 Å². The molecule has 1 N–H and O–H groups in total. The lowest BCUT2D eigenvalue weighted by atomic mass is 9.84. The second-order valence-corrected chi connectivity index (χ2v) is 9.40. The van der Waals surface area contributed by atoms with E-state index in [9.17, 15) is 8.42 Å². The van der Waals surface area contributed by atoms with Gasteiger partial charge in [-0.3, -0.25) is 4.55 Å². The summed E-state index contributed by atoms with van der Waals surface area (Å²) in [6.07, 6.45) is 0. The fraction of sp³-hybridized carbons (Fsp3) is 0.217. The number of halogens is 1. The standard InChI is InChI=1S/C17H16ClNO.C6H6O3S/c1-19-9-14-12-4-2-3-5-16(12)20-17-7-6-11(18)8-13(17)15(14)10-19;7-10(8,9)6-4-2-1-3-5-6/h2-8,14-15H,9-10H2,1H3;1-5H,(H,7,8,9)/t14-,15-;/m1./s1. The van der Waals surface area contributed by atoms with Crippen LogP contribution in [0.25, 0.3) is 0 Å². The summed E-state index contributed by atoms with van der Waals surface area (Å²) >= 11 is 6.20. The highest BCUT2D eigenvalue weighted by atomic mass is 35.5. The normalized spacial score (nSPS) is 20.0. The second kappa shape index (κ2) is 8.40. The third-order valence-corrected chi connectivity index (χ3v) is 6.56. The molecule has 5 nitrogen and oxygen atoms in total. The molecule has 156 valence electrons. The molecule has 0 saturated carbocycles. The van der Waals surface area contributed by atoms with E-state index in [0.717, 1.165) is 29.6 Å². The van der Waals surface area contributed by atoms with Crippen molar-refractivity contribution in [2.75, 3.05) is 20.1 Å². The highest BCUT2D eigenvalue weighted by Gasteiger charge is 2.38. The van der Waals surface area contributed by atoms with Gasteiger partial charge in [0, 0.05) is 35.5 Å². The number of hydrogen-bond donors (Lipinski definition) is 1. The average Bonchev–Trinajstić information content (AvgIpc) is 3.06. The lowest BCUT2D eigenvalue weighted by Gasteiger charge is -2.17. The lowest BCUT2D eigenvalue weighted by Crippen LogP contribution is -2.14. The monoisotopic (exact) mass is 443 g/mol. The van der Waals surface area contributed by atoms with Crippen LogP contribution >= 0.6 is 11.6 Å². The Bertz CT molecular complexity index is 1150. The molecule has 2 aliphatic rings. The molecule has 0 amide bonds. The van der Waals surface area contributed by atoms with Crippen LogP contribution in [-0.2, 0) is 10.1 Å². The molecule has 3 aromatic carbocycles. The molecular formula is C23H22ClNO4S. The summed E-state index contributed by atoms with van der Waals surface area (Å²) in [6.45, 7) is 2.12. The summed E-state index contributed by atoms with van der Waals surface area (Å²) in [4.78, 5) is 2.32. The van der Waals surface area contributed by atoms with Crippen molar-refractivity contribution >= 4 is 21.7 Å². The first-order chi connectivity index (χ1) is 14.3. The Balaban J connectivity index is 0.000000185. The number of ether oxygens (including phenoxy) is 1. The van der Waals surface area contributed by atoms with Gasteiger partial charge in [0.15, 0.2) is 0 Å². The van der Waals surface area contributed by atoms with Gasteiger partial charge in [-0.2, -0.15) is 8.42 Å². The SMILES string of the molecule is CN1C[C@@H]2c3ccccc3Oc3ccc(Cl)cc3[C@H]2C1.O=S(=O)(O)c1ccccc1. The summed E-state index contributed by atoms with van der Waals surface area (Å²) in [5.41, 5.74) is 2.55. The van der Waals surface area contributed by atoms with E-state index in [1.807, 2.05) is 18.2 Å². The maximum Gasteiger partial charge on any atom is 0.294 e. The van der Waals surface area contributed by atoms with Crippen molar-refractivity contribution < 1.29 is 17.7 Å². The Morgan fingerprint density at radius 3 is 2.17 bits per heavy atom. The van der Waals surface area contributed by atoms with Crippen molar-refractivity contribution in [1.29, 1.82) is 0 Å². The number of fused-ring (bicyclic) bond motifs is 5. The van der Waals surface area contributed by atoms with Crippen LogP contribution in [0.1, 0.15) is 23.0 Å². The zero-order chi connectivity index (χ0) is 21.3. The molecule has 1 saturated heterocycles. The van der Waals surface area contributed by atoms with E-state index < -0.39 is 10.1 Å². The predicted octanol–water partition coefficient (Wildman–Crippen LogP) is 5.19. The molecule has 0 radical (unpaired) electrons. The minimum Gasteiger partial charge on any atom is -0.457 e. The average molecular weight is 444 g/mol. The lowest BCUT2D eigenvalue weighted by molar-refractivity contribution is 0.401. The highest BCUT2D eigenvalue weighted by Crippen LogP contribution is 2.49. The van der Waals surface area contributed by atoms with Crippen molar-refractivity contribution in [3.8, 4) is 11.5 Å². The van der Waals surface area contributed by atoms with E-state index >= 15 is 0 Å². The van der Waals surface area contributed by atoms with Crippen molar-refractivity contribution in [3.63, 3.8) is 0 Å². The van der Waals surface area contributed by atoms with Gasteiger partial charge in [-0.1, -0.05) is 48.0 Å². The molecule has 0 bridgehead atoms. The van der Waals surface area contributed by atoms with E-state index in [1.54, 1.807) is 18.2 Å². The minimum atomic E-state index is -4.00. The topological polar surface area (TPSA) is 66.8 Å². The van der Waals surface area contributed by atoms with E-state index in [1.165, 1.54) is 23.3 Å². The largest absolute Gasteiger partial charge is 0.457 e. The van der Waals surface area contributed by atoms with Crippen molar-refractivity contribution in [2.45, 2.75) is 16.7 Å². The van der Waals surface area contributed by atoms with E-state index in [4.69, 9.17) is 20.9 Å². The van der Waals surface area contributed by atoms with Crippen molar-refractivity contribution in [1.82, 2.24) is 4.90 Å². The minimum absolute atomic E-state index is 0.0741. The third kappa shape index (κ3) is 4.37. The molecule has 3 aromatic rings. The van der Waals surface area contributed by atoms with Gasteiger partial charge in [-0.05, 0) is 49.0 Å². The molecule has 5 rings (SSSR count). The van der Waals surface area contributed by atoms with Crippen LogP contribution in [0.15, 0.2) is 77.7 Å². The molecule has 7 heteroatoms. The van der Waals surface area contributed by atoms with Gasteiger partial charge in [-0.15, -0.1) is 0 Å². The van der Waals surface area contributed by atoms with Gasteiger partial charge in [0.25, 0.3) is 10.1 Å². The quantitative estimate of drug-likeness (QED) is 0.524. The van der Waals surface area contributed by atoms with Gasteiger partial charge in [0.05, 0.1) is 4.90 Å². The van der Waals surface area contributed by atoms with E-state index in [0.29, 0.717) is 11.8 Å². The summed E-state index contributed by atoms with van der Waals surface area (Å²) in [6, 6.07) is 21.8. The van der Waals surface area contributed by atoms with Gasteiger partial charge < -0.3 is 9.64 Å². The Kier molecular flexibility index (Phi) is 5.84. The van der Waals surface area contributed by atoms with Crippen LogP contribution in [0.3, 0.4) is 0 Å². The molecule has 1 fully saturated rings. The van der Waals surface area contributed by atoms with Crippen LogP contribution in [0.2, 0.25) is 5.02 Å². The summed E-state index contributed by atoms with van der Waals surface area (Å²) in [7, 11) is -1.82. The number of likely N-dealkylation sites (tertiary alicyclic amines) is 1. The Labute approximate surface area is 181 Å². The summed E-state index contributed by atoms with van der Waals surface area (Å²) in [5.74, 6) is 2.87. The predicted molar refractivity (Wildman–Crippen MR) is 117 cm³/mol. The van der Waals surface area contributed by atoms with Gasteiger partial charge in [-0.25, -0.2) is 0 Å². The molecule has 0 unspecified atom stereocenters. The maximum absolute atomic E-state index is 10.4. The van der Waals surface area contributed by atoms with E-state index in [2.05, 4.69) is 36.2 Å². The molecule has 30 heavy (non-hydrogen) atoms. The molecule has 2 aliphatic heterocycles. The van der Waals surface area contributed by atoms with Crippen LogP contribution in [0.4, 0.5) is 0 Å². The van der Waals surface area contributed by atoms with Crippen LogP contribution < -0.4 is 4.74 Å². The molecule has 0 aromatic heterocycles. The third-order valence-electron chi connectivity index (χ3n) is 5.45. The summed E-state index contributed by atoms with van der Waals surface area (Å²) < 4.78 is 35.4. The molecule has 2 atom stereocenters. The van der Waals surface area contributed by atoms with Crippen molar-refractivity contribution in [2.24, 2.45) is 0 Å². The highest BCUT2D eigenvalue weighted by molar-refractivity contribution is 7.85. The Hall–Kier alpha value is -2.38. The smallest absolute Gasteiger partial charge is 0.294 e. The number of para-hydroxylation sites is 1. The van der Waals surface area contributed by atoms with Crippen LogP contribution in [-0.4, -0.2) is 38.0 Å². The number of rotatable bonds is 1. The second-order valence-electron chi connectivity index (χ2n) is 7.54. The number of nitrogens with zero attached hydrogens (tertiary/aromatic N) is 1. The van der Waals surface area contributed by atoms with Crippen LogP contribution in [0, 0.1) is 0 Å². The number of hydrogen-bond acceptors (Lipinski definition) is 4. The first-order valence-electron chi connectivity index (χ1n) is 9.60. The molecular weight excluding hydrogens is 422 g/mol. The Morgan fingerprint density at radius 2 is 1.50 bits per heavy atom.